The number of ether oxygens (including phenoxy) is 2. The molecule has 112 valence electrons. The van der Waals surface area contributed by atoms with Gasteiger partial charge < -0.3 is 14.8 Å². The molecule has 1 saturated heterocycles. The second-order valence-corrected chi connectivity index (χ2v) is 5.19. The lowest BCUT2D eigenvalue weighted by Gasteiger charge is -2.28. The first-order valence-corrected chi connectivity index (χ1v) is 7.63. The van der Waals surface area contributed by atoms with Crippen LogP contribution in [0.25, 0.3) is 0 Å². The minimum atomic E-state index is 0.611. The quantitative estimate of drug-likeness (QED) is 0.875. The number of nitrogens with one attached hydrogen (secondary N) is 1. The van der Waals surface area contributed by atoms with Crippen LogP contribution in [-0.4, -0.2) is 44.3 Å². The maximum Gasteiger partial charge on any atom is 0.138 e. The highest BCUT2D eigenvalue weighted by atomic mass is 35.5. The van der Waals surface area contributed by atoms with Gasteiger partial charge in [0.25, 0.3) is 0 Å². The van der Waals surface area contributed by atoms with Crippen LogP contribution < -0.4 is 14.8 Å². The average molecular weight is 299 g/mol. The largest absolute Gasteiger partial charge is 0.493 e. The first-order chi connectivity index (χ1) is 9.74. The summed E-state index contributed by atoms with van der Waals surface area (Å²) in [6.45, 7) is 10.2. The van der Waals surface area contributed by atoms with E-state index in [2.05, 4.69) is 10.2 Å². The first kappa shape index (κ1) is 15.4. The van der Waals surface area contributed by atoms with E-state index in [0.29, 0.717) is 18.2 Å². The van der Waals surface area contributed by atoms with Gasteiger partial charge in [0, 0.05) is 44.4 Å². The molecule has 0 bridgehead atoms. The Morgan fingerprint density at radius 3 is 2.40 bits per heavy atom. The fourth-order valence-electron chi connectivity index (χ4n) is 2.37. The molecule has 1 aromatic rings. The normalized spacial score (nSPS) is 16.1. The van der Waals surface area contributed by atoms with Crippen LogP contribution in [0, 0.1) is 0 Å². The lowest BCUT2D eigenvalue weighted by Crippen LogP contribution is -2.42. The first-order valence-electron chi connectivity index (χ1n) is 7.25. The monoisotopic (exact) mass is 298 g/mol. The second-order valence-electron chi connectivity index (χ2n) is 4.78. The SMILES string of the molecule is CCOc1cc(CN2CCNCC2)c(OCC)cc1Cl. The molecule has 1 N–H and O–H groups in total. The molecule has 1 heterocycles. The maximum absolute atomic E-state index is 6.23. The molecule has 0 aromatic heterocycles. The topological polar surface area (TPSA) is 33.7 Å². The van der Waals surface area contributed by atoms with Gasteiger partial charge in [0.1, 0.15) is 11.5 Å². The van der Waals surface area contributed by atoms with Crippen molar-refractivity contribution in [3.05, 3.63) is 22.7 Å². The Hall–Kier alpha value is -0.970. The Labute approximate surface area is 126 Å². The van der Waals surface area contributed by atoms with Gasteiger partial charge in [-0.3, -0.25) is 4.90 Å². The second kappa shape index (κ2) is 7.72. The zero-order valence-electron chi connectivity index (χ0n) is 12.2. The van der Waals surface area contributed by atoms with Crippen LogP contribution in [0.15, 0.2) is 12.1 Å². The van der Waals surface area contributed by atoms with Gasteiger partial charge in [-0.25, -0.2) is 0 Å². The van der Waals surface area contributed by atoms with Crippen molar-refractivity contribution in [1.82, 2.24) is 10.2 Å². The molecule has 0 spiro atoms. The summed E-state index contributed by atoms with van der Waals surface area (Å²) in [6, 6.07) is 3.88. The summed E-state index contributed by atoms with van der Waals surface area (Å²) in [4.78, 5) is 2.41. The minimum Gasteiger partial charge on any atom is -0.493 e. The number of nitrogens with zero attached hydrogens (tertiary/aromatic N) is 1. The molecule has 20 heavy (non-hydrogen) atoms. The van der Waals surface area contributed by atoms with Crippen molar-refractivity contribution in [1.29, 1.82) is 0 Å². The molecule has 1 fully saturated rings. The van der Waals surface area contributed by atoms with Gasteiger partial charge in [-0.15, -0.1) is 0 Å². The summed E-state index contributed by atoms with van der Waals surface area (Å²) in [5.41, 5.74) is 1.14. The standard InChI is InChI=1S/C15H23ClN2O2/c1-3-19-14-10-13(16)15(20-4-2)9-12(14)11-18-7-5-17-6-8-18/h9-10,17H,3-8,11H2,1-2H3. The Bertz CT molecular complexity index is 434. The van der Waals surface area contributed by atoms with Crippen molar-refractivity contribution in [3.8, 4) is 11.5 Å². The van der Waals surface area contributed by atoms with Gasteiger partial charge in [0.15, 0.2) is 0 Å². The number of hydrogen-bond acceptors (Lipinski definition) is 4. The summed E-state index contributed by atoms with van der Waals surface area (Å²) in [5.74, 6) is 1.60. The molecule has 5 heteroatoms. The van der Waals surface area contributed by atoms with Crippen molar-refractivity contribution in [2.24, 2.45) is 0 Å². The molecule has 0 amide bonds. The Balaban J connectivity index is 2.19. The highest BCUT2D eigenvalue weighted by Crippen LogP contribution is 2.33. The molecule has 0 unspecified atom stereocenters. The Morgan fingerprint density at radius 1 is 1.10 bits per heavy atom. The lowest BCUT2D eigenvalue weighted by molar-refractivity contribution is 0.227. The molecule has 1 aliphatic heterocycles. The van der Waals surface area contributed by atoms with Crippen molar-refractivity contribution >= 4 is 11.6 Å². The zero-order chi connectivity index (χ0) is 14.4. The van der Waals surface area contributed by atoms with E-state index in [-0.39, 0.29) is 0 Å². The van der Waals surface area contributed by atoms with Crippen LogP contribution in [0.1, 0.15) is 19.4 Å². The van der Waals surface area contributed by atoms with E-state index in [1.165, 1.54) is 0 Å². The summed E-state index contributed by atoms with van der Waals surface area (Å²) in [5, 5.41) is 3.97. The van der Waals surface area contributed by atoms with Crippen LogP contribution in [0.5, 0.6) is 11.5 Å². The third kappa shape index (κ3) is 4.01. The summed E-state index contributed by atoms with van der Waals surface area (Å²) >= 11 is 6.23. The highest BCUT2D eigenvalue weighted by Gasteiger charge is 2.15. The maximum atomic E-state index is 6.23. The number of rotatable bonds is 6. The van der Waals surface area contributed by atoms with Crippen LogP contribution in [-0.2, 0) is 6.54 Å². The Morgan fingerprint density at radius 2 is 1.75 bits per heavy atom. The molecule has 1 aromatic carbocycles. The molecule has 0 atom stereocenters. The van der Waals surface area contributed by atoms with E-state index < -0.39 is 0 Å². The molecule has 0 saturated carbocycles. The van der Waals surface area contributed by atoms with Crippen molar-refractivity contribution < 1.29 is 9.47 Å². The number of benzene rings is 1. The van der Waals surface area contributed by atoms with Crippen LogP contribution >= 0.6 is 11.6 Å². The fourth-order valence-corrected chi connectivity index (χ4v) is 2.58. The minimum absolute atomic E-state index is 0.611. The molecule has 1 aliphatic rings. The van der Waals surface area contributed by atoms with E-state index in [1.807, 2.05) is 26.0 Å². The number of hydrogen-bond donors (Lipinski definition) is 1. The van der Waals surface area contributed by atoms with E-state index in [4.69, 9.17) is 21.1 Å². The number of halogens is 1. The van der Waals surface area contributed by atoms with E-state index in [1.54, 1.807) is 0 Å². The zero-order valence-corrected chi connectivity index (χ0v) is 13.0. The molecular formula is C15H23ClN2O2. The van der Waals surface area contributed by atoms with Gasteiger partial charge in [-0.05, 0) is 19.9 Å². The van der Waals surface area contributed by atoms with Crippen LogP contribution in [0.4, 0.5) is 0 Å². The van der Waals surface area contributed by atoms with Crippen molar-refractivity contribution in [2.75, 3.05) is 39.4 Å². The highest BCUT2D eigenvalue weighted by molar-refractivity contribution is 6.32. The predicted octanol–water partition coefficient (Wildman–Crippen LogP) is 2.54. The van der Waals surface area contributed by atoms with Crippen molar-refractivity contribution in [3.63, 3.8) is 0 Å². The lowest BCUT2D eigenvalue weighted by atomic mass is 10.1. The molecule has 4 nitrogen and oxygen atoms in total. The fraction of sp³-hybridized carbons (Fsp3) is 0.600. The molecule has 2 rings (SSSR count). The third-order valence-electron chi connectivity index (χ3n) is 3.32. The molecule has 0 aliphatic carbocycles. The van der Waals surface area contributed by atoms with Gasteiger partial charge in [0.05, 0.1) is 18.2 Å². The van der Waals surface area contributed by atoms with Crippen LogP contribution in [0.2, 0.25) is 5.02 Å². The van der Waals surface area contributed by atoms with Gasteiger partial charge >= 0.3 is 0 Å². The van der Waals surface area contributed by atoms with Crippen molar-refractivity contribution in [2.45, 2.75) is 20.4 Å². The summed E-state index contributed by atoms with van der Waals surface area (Å²) < 4.78 is 11.3. The predicted molar refractivity (Wildman–Crippen MR) is 81.9 cm³/mol. The third-order valence-corrected chi connectivity index (χ3v) is 3.61. The molecule has 0 radical (unpaired) electrons. The van der Waals surface area contributed by atoms with Gasteiger partial charge in [0.2, 0.25) is 0 Å². The van der Waals surface area contributed by atoms with Crippen LogP contribution in [0.3, 0.4) is 0 Å². The average Bonchev–Trinajstić information content (AvgIpc) is 2.45. The molecular weight excluding hydrogens is 276 g/mol. The Kier molecular flexibility index (Phi) is 5.95. The van der Waals surface area contributed by atoms with Gasteiger partial charge in [-0.2, -0.15) is 0 Å². The van der Waals surface area contributed by atoms with E-state index in [9.17, 15) is 0 Å². The van der Waals surface area contributed by atoms with E-state index in [0.717, 1.165) is 49.8 Å². The number of piperazine rings is 1. The summed E-state index contributed by atoms with van der Waals surface area (Å²) in [7, 11) is 0. The summed E-state index contributed by atoms with van der Waals surface area (Å²) in [6.07, 6.45) is 0. The smallest absolute Gasteiger partial charge is 0.138 e. The van der Waals surface area contributed by atoms with Gasteiger partial charge in [-0.1, -0.05) is 11.6 Å². The van der Waals surface area contributed by atoms with E-state index >= 15 is 0 Å².